The van der Waals surface area contributed by atoms with Gasteiger partial charge in [-0.15, -0.1) is 0 Å². The summed E-state index contributed by atoms with van der Waals surface area (Å²) in [7, 11) is 2.01. The summed E-state index contributed by atoms with van der Waals surface area (Å²) in [5.74, 6) is 1.05. The van der Waals surface area contributed by atoms with Crippen molar-refractivity contribution in [3.8, 4) is 0 Å². The monoisotopic (exact) mass is 344 g/mol. The highest BCUT2D eigenvalue weighted by Gasteiger charge is 2.32. The van der Waals surface area contributed by atoms with Crippen molar-refractivity contribution in [1.82, 2.24) is 25.2 Å². The number of hydrogen-bond donors (Lipinski definition) is 2. The van der Waals surface area contributed by atoms with E-state index in [9.17, 15) is 9.59 Å². The lowest BCUT2D eigenvalue weighted by molar-refractivity contribution is -0.133. The number of carbonyl (C=O) groups excluding carboxylic acids is 2. The Labute approximate surface area is 146 Å². The minimum absolute atomic E-state index is 0.0463. The highest BCUT2D eigenvalue weighted by Crippen LogP contribution is 2.28. The lowest BCUT2D eigenvalue weighted by Crippen LogP contribution is -2.54. The molecule has 0 aliphatic carbocycles. The maximum Gasteiger partial charge on any atom is 0.242 e. The van der Waals surface area contributed by atoms with Gasteiger partial charge < -0.3 is 20.1 Å². The number of aromatic amines is 1. The Hall–Kier alpha value is -2.64. The molecule has 2 aromatic rings. The van der Waals surface area contributed by atoms with E-state index in [0.29, 0.717) is 19.0 Å². The molecule has 0 radical (unpaired) electrons. The zero-order valence-corrected chi connectivity index (χ0v) is 14.8. The molecule has 3 heterocycles. The van der Waals surface area contributed by atoms with Crippen LogP contribution in [0.25, 0.3) is 11.0 Å². The molecule has 1 aliphatic rings. The van der Waals surface area contributed by atoms with Gasteiger partial charge in [-0.3, -0.25) is 9.59 Å². The van der Waals surface area contributed by atoms with Gasteiger partial charge in [0.1, 0.15) is 17.8 Å². The van der Waals surface area contributed by atoms with Gasteiger partial charge in [-0.25, -0.2) is 9.97 Å². The number of rotatable bonds is 4. The molecule has 0 saturated carbocycles. The second-order valence-electron chi connectivity index (χ2n) is 6.63. The van der Waals surface area contributed by atoms with Gasteiger partial charge in [0, 0.05) is 33.3 Å². The molecule has 1 saturated heterocycles. The number of likely N-dealkylation sites (N-methyl/N-ethyl adjacent to an activating group) is 1. The number of piperidine rings is 1. The van der Waals surface area contributed by atoms with E-state index in [1.54, 1.807) is 6.33 Å². The summed E-state index contributed by atoms with van der Waals surface area (Å²) in [5.41, 5.74) is 0.805. The molecule has 2 aromatic heterocycles. The van der Waals surface area contributed by atoms with Crippen LogP contribution in [0, 0.1) is 5.92 Å². The summed E-state index contributed by atoms with van der Waals surface area (Å²) in [4.78, 5) is 39.1. The molecule has 134 valence electrons. The van der Waals surface area contributed by atoms with Crippen LogP contribution in [0.3, 0.4) is 0 Å². The molecule has 0 spiro atoms. The van der Waals surface area contributed by atoms with Gasteiger partial charge in [0.25, 0.3) is 0 Å². The maximum absolute atomic E-state index is 12.3. The van der Waals surface area contributed by atoms with Crippen LogP contribution in [-0.2, 0) is 9.59 Å². The minimum atomic E-state index is -0.191. The van der Waals surface area contributed by atoms with E-state index in [2.05, 4.69) is 32.1 Å². The summed E-state index contributed by atoms with van der Waals surface area (Å²) >= 11 is 0. The Bertz CT molecular complexity index is 773. The summed E-state index contributed by atoms with van der Waals surface area (Å²) < 4.78 is 0. The Morgan fingerprint density at radius 3 is 3.00 bits per heavy atom. The number of hydrogen-bond acceptors (Lipinski definition) is 5. The fourth-order valence-electron chi connectivity index (χ4n) is 3.39. The van der Waals surface area contributed by atoms with Crippen LogP contribution in [0.4, 0.5) is 5.82 Å². The van der Waals surface area contributed by atoms with Crippen LogP contribution >= 0.6 is 0 Å². The zero-order valence-electron chi connectivity index (χ0n) is 14.8. The first kappa shape index (κ1) is 17.2. The molecular weight excluding hydrogens is 320 g/mol. The Balaban J connectivity index is 1.76. The fraction of sp³-hybridized carbons (Fsp3) is 0.529. The predicted molar refractivity (Wildman–Crippen MR) is 95.1 cm³/mol. The van der Waals surface area contributed by atoms with Gasteiger partial charge in [-0.05, 0) is 18.4 Å². The SMILES string of the molecule is CC(=O)NCC(=O)N1CCC(C)C(N(C)c2ncnc3[nH]ccc23)C1. The third-order valence-corrected chi connectivity index (χ3v) is 4.92. The van der Waals surface area contributed by atoms with E-state index in [1.165, 1.54) is 6.92 Å². The van der Waals surface area contributed by atoms with E-state index in [4.69, 9.17) is 0 Å². The summed E-state index contributed by atoms with van der Waals surface area (Å²) in [5, 5.41) is 3.55. The quantitative estimate of drug-likeness (QED) is 0.854. The van der Waals surface area contributed by atoms with Crippen molar-refractivity contribution in [2.75, 3.05) is 31.6 Å². The summed E-state index contributed by atoms with van der Waals surface area (Å²) in [6.45, 7) is 5.00. The molecule has 2 N–H and O–H groups in total. The second-order valence-corrected chi connectivity index (χ2v) is 6.63. The van der Waals surface area contributed by atoms with E-state index >= 15 is 0 Å². The van der Waals surface area contributed by atoms with Gasteiger partial charge in [0.2, 0.25) is 11.8 Å². The molecule has 8 nitrogen and oxygen atoms in total. The highest BCUT2D eigenvalue weighted by atomic mass is 16.2. The Morgan fingerprint density at radius 1 is 1.44 bits per heavy atom. The average molecular weight is 344 g/mol. The highest BCUT2D eigenvalue weighted by molar-refractivity contribution is 5.87. The summed E-state index contributed by atoms with van der Waals surface area (Å²) in [6.07, 6.45) is 4.32. The minimum Gasteiger partial charge on any atom is -0.354 e. The number of likely N-dealkylation sites (tertiary alicyclic amines) is 1. The van der Waals surface area contributed by atoms with E-state index in [1.807, 2.05) is 24.2 Å². The topological polar surface area (TPSA) is 94.2 Å². The third kappa shape index (κ3) is 3.57. The summed E-state index contributed by atoms with van der Waals surface area (Å²) in [6, 6.07) is 2.12. The second kappa shape index (κ2) is 7.08. The van der Waals surface area contributed by atoms with Gasteiger partial charge in [0.15, 0.2) is 0 Å². The molecule has 2 unspecified atom stereocenters. The average Bonchev–Trinajstić information content (AvgIpc) is 3.08. The van der Waals surface area contributed by atoms with Gasteiger partial charge in [-0.1, -0.05) is 6.92 Å². The molecule has 8 heteroatoms. The molecule has 25 heavy (non-hydrogen) atoms. The number of nitrogens with zero attached hydrogens (tertiary/aromatic N) is 4. The predicted octanol–water partition coefficient (Wildman–Crippen LogP) is 0.767. The van der Waals surface area contributed by atoms with Crippen LogP contribution in [-0.4, -0.2) is 64.4 Å². The van der Waals surface area contributed by atoms with E-state index in [-0.39, 0.29) is 24.4 Å². The lowest BCUT2D eigenvalue weighted by Gasteiger charge is -2.42. The molecule has 3 rings (SSSR count). The number of carbonyl (C=O) groups is 2. The van der Waals surface area contributed by atoms with Crippen molar-refractivity contribution in [2.45, 2.75) is 26.3 Å². The number of H-pyrrole nitrogens is 1. The van der Waals surface area contributed by atoms with Crippen molar-refractivity contribution >= 4 is 28.7 Å². The van der Waals surface area contributed by atoms with Crippen molar-refractivity contribution in [3.63, 3.8) is 0 Å². The fourth-order valence-corrected chi connectivity index (χ4v) is 3.39. The smallest absolute Gasteiger partial charge is 0.242 e. The van der Waals surface area contributed by atoms with Crippen molar-refractivity contribution in [1.29, 1.82) is 0 Å². The van der Waals surface area contributed by atoms with Crippen LogP contribution in [0.15, 0.2) is 18.6 Å². The lowest BCUT2D eigenvalue weighted by atomic mass is 9.92. The van der Waals surface area contributed by atoms with E-state index in [0.717, 1.165) is 23.3 Å². The van der Waals surface area contributed by atoms with Crippen LogP contribution in [0.5, 0.6) is 0 Å². The molecule has 2 atom stereocenters. The molecule has 1 aliphatic heterocycles. The van der Waals surface area contributed by atoms with Crippen molar-refractivity contribution < 1.29 is 9.59 Å². The third-order valence-electron chi connectivity index (χ3n) is 4.92. The molecule has 0 bridgehead atoms. The van der Waals surface area contributed by atoms with Crippen LogP contribution < -0.4 is 10.2 Å². The first-order chi connectivity index (χ1) is 12.0. The van der Waals surface area contributed by atoms with Gasteiger partial charge in [-0.2, -0.15) is 0 Å². The Kier molecular flexibility index (Phi) is 4.87. The number of nitrogens with one attached hydrogen (secondary N) is 2. The number of anilines is 1. The molecule has 1 fully saturated rings. The van der Waals surface area contributed by atoms with Gasteiger partial charge in [0.05, 0.1) is 18.0 Å². The van der Waals surface area contributed by atoms with E-state index < -0.39 is 0 Å². The maximum atomic E-state index is 12.3. The molecule has 0 aromatic carbocycles. The van der Waals surface area contributed by atoms with Crippen LogP contribution in [0.1, 0.15) is 20.3 Å². The number of fused-ring (bicyclic) bond motifs is 1. The van der Waals surface area contributed by atoms with Gasteiger partial charge >= 0.3 is 0 Å². The number of amides is 2. The first-order valence-corrected chi connectivity index (χ1v) is 8.50. The molecule has 2 amide bonds. The molecular formula is C17H24N6O2. The first-order valence-electron chi connectivity index (χ1n) is 8.50. The standard InChI is InChI=1S/C17H24N6O2/c1-11-5-7-23(15(25)8-19-12(2)24)9-14(11)22(3)17-13-4-6-18-16(13)20-10-21-17/h4,6,10-11,14H,5,7-9H2,1-3H3,(H,19,24)(H,18,20,21). The largest absolute Gasteiger partial charge is 0.354 e. The zero-order chi connectivity index (χ0) is 18.0. The number of aromatic nitrogens is 3. The Morgan fingerprint density at radius 2 is 2.24 bits per heavy atom. The van der Waals surface area contributed by atoms with Crippen LogP contribution in [0.2, 0.25) is 0 Å². The van der Waals surface area contributed by atoms with Crippen molar-refractivity contribution in [2.24, 2.45) is 5.92 Å². The van der Waals surface area contributed by atoms with Crippen molar-refractivity contribution in [3.05, 3.63) is 18.6 Å². The normalized spacial score (nSPS) is 20.5.